The Bertz CT molecular complexity index is 1750. The van der Waals surface area contributed by atoms with Crippen LogP contribution in [-0.4, -0.2) is 79.3 Å². The predicted octanol–water partition coefficient (Wildman–Crippen LogP) is 5.90. The summed E-state index contributed by atoms with van der Waals surface area (Å²) in [4.78, 5) is 31.1. The second-order valence-corrected chi connectivity index (χ2v) is 16.7. The van der Waals surface area contributed by atoms with E-state index in [2.05, 4.69) is 26.1 Å². The SMILES string of the molecule is CO[C@H]1C=CCOC(C)(C)C(=O)N=[S@@](=O)(NC(=O)N2CCC2)c2ccc3c(c2)N(C[C@@H]2CC[C@H]21)C[C@@]1(CCCc2cc(Cl)ccc21)CO3. The van der Waals surface area contributed by atoms with Gasteiger partial charge in [-0.1, -0.05) is 29.8 Å². The highest BCUT2D eigenvalue weighted by Gasteiger charge is 2.45. The molecule has 2 aromatic rings. The smallest absolute Gasteiger partial charge is 0.330 e. The average molecular weight is 697 g/mol. The van der Waals surface area contributed by atoms with Crippen LogP contribution < -0.4 is 14.4 Å². The number of nitrogens with one attached hydrogen (secondary N) is 1. The van der Waals surface area contributed by atoms with Crippen LogP contribution in [-0.2, 0) is 36.0 Å². The van der Waals surface area contributed by atoms with E-state index in [0.29, 0.717) is 43.8 Å². The van der Waals surface area contributed by atoms with Crippen molar-refractivity contribution in [3.05, 3.63) is 64.7 Å². The number of fused-ring (bicyclic) bond motifs is 4. The lowest BCUT2D eigenvalue weighted by molar-refractivity contribution is -0.137. The first-order chi connectivity index (χ1) is 23.0. The Labute approximate surface area is 288 Å². The molecule has 10 nitrogen and oxygen atoms in total. The molecule has 3 amide bonds. The molecule has 1 saturated carbocycles. The maximum atomic E-state index is 14.9. The molecule has 258 valence electrons. The fourth-order valence-electron chi connectivity index (χ4n) is 7.77. The number of amides is 3. The molecule has 2 fully saturated rings. The number of hydrogen-bond acceptors (Lipinski definition) is 7. The molecule has 1 saturated heterocycles. The van der Waals surface area contributed by atoms with E-state index < -0.39 is 27.5 Å². The number of hydrogen-bond donors (Lipinski definition) is 1. The van der Waals surface area contributed by atoms with E-state index >= 15 is 0 Å². The normalized spacial score (nSPS) is 31.2. The first-order valence-corrected chi connectivity index (χ1v) is 18.9. The highest BCUT2D eigenvalue weighted by atomic mass is 35.5. The molecule has 5 atom stereocenters. The monoisotopic (exact) mass is 696 g/mol. The van der Waals surface area contributed by atoms with Crippen LogP contribution in [0.25, 0.3) is 0 Å². The Morgan fingerprint density at radius 1 is 1.15 bits per heavy atom. The third-order valence-corrected chi connectivity index (χ3v) is 12.9. The summed E-state index contributed by atoms with van der Waals surface area (Å²) in [6, 6.07) is 11.0. The molecule has 3 aliphatic heterocycles. The van der Waals surface area contributed by atoms with Crippen LogP contribution >= 0.6 is 11.6 Å². The number of ether oxygens (including phenoxy) is 3. The number of carbonyl (C=O) groups excluding carboxylic acids is 2. The lowest BCUT2D eigenvalue weighted by Gasteiger charge is -2.46. The van der Waals surface area contributed by atoms with Crippen LogP contribution in [0.1, 0.15) is 57.1 Å². The molecule has 7 rings (SSSR count). The summed E-state index contributed by atoms with van der Waals surface area (Å²) in [5.41, 5.74) is 1.61. The van der Waals surface area contributed by atoms with Gasteiger partial charge >= 0.3 is 6.03 Å². The zero-order chi connectivity index (χ0) is 33.7. The van der Waals surface area contributed by atoms with E-state index in [0.717, 1.165) is 55.8 Å². The van der Waals surface area contributed by atoms with Gasteiger partial charge in [0.2, 0.25) is 0 Å². The Hall–Kier alpha value is -3.12. The third kappa shape index (κ3) is 6.23. The van der Waals surface area contributed by atoms with Crippen molar-refractivity contribution < 1.29 is 28.0 Å². The van der Waals surface area contributed by atoms with Crippen molar-refractivity contribution in [2.75, 3.05) is 51.4 Å². The predicted molar refractivity (Wildman–Crippen MR) is 185 cm³/mol. The molecule has 12 heteroatoms. The largest absolute Gasteiger partial charge is 0.490 e. The van der Waals surface area contributed by atoms with Crippen molar-refractivity contribution in [2.45, 2.75) is 74.4 Å². The molecular formula is C36H45ClN4O6S. The second kappa shape index (κ2) is 13.0. The number of aryl methyl sites for hydroxylation is 1. The number of methoxy groups -OCH3 is 1. The molecule has 2 aliphatic carbocycles. The summed E-state index contributed by atoms with van der Waals surface area (Å²) in [7, 11) is -2.02. The van der Waals surface area contributed by atoms with E-state index in [1.165, 1.54) is 11.1 Å². The Balaban J connectivity index is 1.36. The van der Waals surface area contributed by atoms with E-state index in [4.69, 9.17) is 25.8 Å². The van der Waals surface area contributed by atoms with Crippen molar-refractivity contribution in [1.82, 2.24) is 9.62 Å². The number of nitrogens with zero attached hydrogens (tertiary/aromatic N) is 3. The van der Waals surface area contributed by atoms with Gasteiger partial charge in [0.15, 0.2) is 9.92 Å². The molecule has 2 aromatic carbocycles. The summed E-state index contributed by atoms with van der Waals surface area (Å²) in [5, 5.41) is 0.733. The topological polar surface area (TPSA) is 110 Å². The molecule has 5 aliphatic rings. The van der Waals surface area contributed by atoms with Gasteiger partial charge in [-0.15, -0.1) is 4.36 Å². The maximum absolute atomic E-state index is 14.9. The molecule has 0 radical (unpaired) electrons. The fourth-order valence-corrected chi connectivity index (χ4v) is 9.58. The van der Waals surface area contributed by atoms with Crippen molar-refractivity contribution in [3.63, 3.8) is 0 Å². The van der Waals surface area contributed by atoms with Crippen LogP contribution in [0.3, 0.4) is 0 Å². The fraction of sp³-hybridized carbons (Fsp3) is 0.556. The van der Waals surface area contributed by atoms with Gasteiger partial charge in [-0.25, -0.2) is 13.7 Å². The molecule has 3 heterocycles. The average Bonchev–Trinajstić information content (AvgIpc) is 3.16. The zero-order valence-corrected chi connectivity index (χ0v) is 29.5. The minimum atomic E-state index is -3.76. The number of urea groups is 1. The maximum Gasteiger partial charge on any atom is 0.330 e. The minimum absolute atomic E-state index is 0.0975. The molecule has 48 heavy (non-hydrogen) atoms. The Morgan fingerprint density at radius 3 is 2.71 bits per heavy atom. The van der Waals surface area contributed by atoms with Crippen LogP contribution in [0.15, 0.2) is 57.8 Å². The van der Waals surface area contributed by atoms with Crippen LogP contribution in [0.5, 0.6) is 5.75 Å². The van der Waals surface area contributed by atoms with Crippen LogP contribution in [0, 0.1) is 11.8 Å². The third-order valence-electron chi connectivity index (χ3n) is 10.9. The highest BCUT2D eigenvalue weighted by Crippen LogP contribution is 2.47. The Kier molecular flexibility index (Phi) is 9.02. The summed E-state index contributed by atoms with van der Waals surface area (Å²) < 4.78 is 40.4. The number of anilines is 1. The van der Waals surface area contributed by atoms with Crippen molar-refractivity contribution in [1.29, 1.82) is 0 Å². The van der Waals surface area contributed by atoms with E-state index in [9.17, 15) is 13.8 Å². The quantitative estimate of drug-likeness (QED) is 0.390. The summed E-state index contributed by atoms with van der Waals surface area (Å²) >= 11 is 6.46. The van der Waals surface area contributed by atoms with Gasteiger partial charge < -0.3 is 24.0 Å². The number of likely N-dealkylation sites (tertiary alicyclic amines) is 1. The second-order valence-electron chi connectivity index (χ2n) is 14.4. The molecular weight excluding hydrogens is 652 g/mol. The number of halogens is 1. The van der Waals surface area contributed by atoms with E-state index in [-0.39, 0.29) is 23.0 Å². The van der Waals surface area contributed by atoms with Crippen LogP contribution in [0.2, 0.25) is 5.02 Å². The van der Waals surface area contributed by atoms with Gasteiger partial charge in [0.05, 0.1) is 29.9 Å². The zero-order valence-electron chi connectivity index (χ0n) is 27.9. The van der Waals surface area contributed by atoms with Gasteiger partial charge in [0.1, 0.15) is 11.4 Å². The lowest BCUT2D eigenvalue weighted by Crippen LogP contribution is -2.50. The molecule has 0 unspecified atom stereocenters. The molecule has 1 N–H and O–H groups in total. The number of rotatable bonds is 2. The van der Waals surface area contributed by atoms with Gasteiger partial charge in [0, 0.05) is 43.7 Å². The molecule has 2 bridgehead atoms. The summed E-state index contributed by atoms with van der Waals surface area (Å²) in [6.45, 7) is 6.38. The number of benzene rings is 2. The summed E-state index contributed by atoms with van der Waals surface area (Å²) in [5.74, 6) is 0.584. The van der Waals surface area contributed by atoms with E-state index in [1.807, 2.05) is 18.2 Å². The van der Waals surface area contributed by atoms with Gasteiger partial charge in [-0.2, -0.15) is 0 Å². The first kappa shape index (κ1) is 33.4. The lowest BCUT2D eigenvalue weighted by atomic mass is 9.68. The first-order valence-electron chi connectivity index (χ1n) is 17.0. The van der Waals surface area contributed by atoms with Gasteiger partial charge in [0.25, 0.3) is 5.91 Å². The summed E-state index contributed by atoms with van der Waals surface area (Å²) in [6.07, 6.45) is 9.71. The molecule has 0 aromatic heterocycles. The van der Waals surface area contributed by atoms with Crippen molar-refractivity contribution in [2.24, 2.45) is 16.2 Å². The number of carbonyl (C=O) groups is 2. The van der Waals surface area contributed by atoms with Crippen LogP contribution in [0.4, 0.5) is 10.5 Å². The highest BCUT2D eigenvalue weighted by molar-refractivity contribution is 7.92. The minimum Gasteiger partial charge on any atom is -0.490 e. The van der Waals surface area contributed by atoms with Gasteiger partial charge in [-0.3, -0.25) is 4.79 Å². The van der Waals surface area contributed by atoms with E-state index in [1.54, 1.807) is 44.1 Å². The van der Waals surface area contributed by atoms with Crippen molar-refractivity contribution >= 4 is 39.1 Å². The van der Waals surface area contributed by atoms with Gasteiger partial charge in [-0.05, 0) is 106 Å². The Morgan fingerprint density at radius 2 is 1.98 bits per heavy atom. The standard InChI is InChI=1S/C36H45ClN4O6S/c1-35(2)33(42)38-48(44,39-34(43)40-16-6-17-40)27-11-14-32-30(20-27)41(21-25-9-12-28(25)31(45-3)8-5-18-47-35)22-36(23-46-32)15-4-7-24-19-26(37)10-13-29(24)36/h5,8,10-11,13-14,19-20,25,28,31H,4,6-7,9,12,15-18,21-23H2,1-3H3,(H,38,39,42,43,44)/t25-,28+,31-,36-,48+/m0/s1. The van der Waals surface area contributed by atoms with Crippen molar-refractivity contribution in [3.8, 4) is 5.75 Å². The molecule has 1 spiro atoms.